The van der Waals surface area contributed by atoms with Crippen molar-refractivity contribution in [2.45, 2.75) is 32.2 Å². The van der Waals surface area contributed by atoms with Gasteiger partial charge in [0.15, 0.2) is 0 Å². The van der Waals surface area contributed by atoms with Gasteiger partial charge in [0.1, 0.15) is 0 Å². The van der Waals surface area contributed by atoms with Gasteiger partial charge in [-0.2, -0.15) is 0 Å². The number of carbonyl (C=O) groups is 2. The number of likely N-dealkylation sites (tertiary alicyclic amines) is 1. The molecule has 0 aromatic heterocycles. The van der Waals surface area contributed by atoms with Crippen LogP contribution in [0.5, 0.6) is 0 Å². The van der Waals surface area contributed by atoms with Crippen LogP contribution in [0.3, 0.4) is 0 Å². The second-order valence-corrected chi connectivity index (χ2v) is 4.94. The molecule has 6 nitrogen and oxygen atoms in total. The second kappa shape index (κ2) is 7.33. The van der Waals surface area contributed by atoms with Crippen LogP contribution in [0, 0.1) is 5.92 Å². The van der Waals surface area contributed by atoms with E-state index in [1.54, 1.807) is 0 Å². The molecule has 3 N–H and O–H groups in total. The maximum Gasteiger partial charge on any atom is 0.317 e. The molecule has 1 fully saturated rings. The van der Waals surface area contributed by atoms with E-state index in [1.807, 2.05) is 4.90 Å². The molecule has 1 rings (SSSR count). The van der Waals surface area contributed by atoms with Gasteiger partial charge in [-0.1, -0.05) is 6.92 Å². The number of carboxylic acid groups (broad SMARTS) is 2. The van der Waals surface area contributed by atoms with Crippen molar-refractivity contribution in [1.29, 1.82) is 0 Å². The lowest BCUT2D eigenvalue weighted by atomic mass is 9.91. The third-order valence-corrected chi connectivity index (χ3v) is 3.12. The van der Waals surface area contributed by atoms with Crippen LogP contribution in [0.15, 0.2) is 0 Å². The van der Waals surface area contributed by atoms with Crippen LogP contribution in [-0.2, 0) is 9.59 Å². The van der Waals surface area contributed by atoms with Crippen molar-refractivity contribution in [3.05, 3.63) is 0 Å². The highest BCUT2D eigenvalue weighted by atomic mass is 16.4. The summed E-state index contributed by atoms with van der Waals surface area (Å²) in [5, 5.41) is 21.0. The first-order valence-corrected chi connectivity index (χ1v) is 6.40. The topological polar surface area (TPSA) is 89.9 Å². The van der Waals surface area contributed by atoms with Crippen molar-refractivity contribution < 1.29 is 19.8 Å². The van der Waals surface area contributed by atoms with Gasteiger partial charge in [-0.15, -0.1) is 0 Å². The lowest BCUT2D eigenvalue weighted by Crippen LogP contribution is -2.51. The van der Waals surface area contributed by atoms with Crippen LogP contribution in [-0.4, -0.2) is 59.3 Å². The van der Waals surface area contributed by atoms with Crippen LogP contribution in [0.4, 0.5) is 0 Å². The van der Waals surface area contributed by atoms with Gasteiger partial charge >= 0.3 is 11.9 Å². The Kier molecular flexibility index (Phi) is 6.07. The van der Waals surface area contributed by atoms with E-state index in [9.17, 15) is 9.59 Å². The minimum Gasteiger partial charge on any atom is -0.481 e. The zero-order valence-corrected chi connectivity index (χ0v) is 10.8. The smallest absolute Gasteiger partial charge is 0.317 e. The van der Waals surface area contributed by atoms with Crippen LogP contribution in [0.1, 0.15) is 26.2 Å². The molecule has 0 saturated carbocycles. The van der Waals surface area contributed by atoms with Gasteiger partial charge in [0.2, 0.25) is 0 Å². The third-order valence-electron chi connectivity index (χ3n) is 3.12. The summed E-state index contributed by atoms with van der Waals surface area (Å²) in [4.78, 5) is 23.3. The number of nitrogens with one attached hydrogen (secondary N) is 1. The molecule has 1 heterocycles. The van der Waals surface area contributed by atoms with Crippen molar-refractivity contribution in [2.24, 2.45) is 5.92 Å². The zero-order valence-electron chi connectivity index (χ0n) is 10.8. The summed E-state index contributed by atoms with van der Waals surface area (Å²) >= 11 is 0. The minimum atomic E-state index is -0.861. The third kappa shape index (κ3) is 5.46. The SMILES string of the molecule is CCCNC1CC(CC(=O)O)CN(CC(=O)O)C1. The zero-order chi connectivity index (χ0) is 13.5. The summed E-state index contributed by atoms with van der Waals surface area (Å²) in [5.41, 5.74) is 0. The Balaban J connectivity index is 2.53. The fourth-order valence-corrected chi connectivity index (χ4v) is 2.51. The van der Waals surface area contributed by atoms with Gasteiger partial charge < -0.3 is 15.5 Å². The molecule has 0 aliphatic carbocycles. The average molecular weight is 258 g/mol. The lowest BCUT2D eigenvalue weighted by molar-refractivity contribution is -0.139. The van der Waals surface area contributed by atoms with E-state index >= 15 is 0 Å². The summed E-state index contributed by atoms with van der Waals surface area (Å²) in [7, 11) is 0. The normalized spacial score (nSPS) is 24.9. The second-order valence-electron chi connectivity index (χ2n) is 4.94. The highest BCUT2D eigenvalue weighted by Gasteiger charge is 2.29. The summed E-state index contributed by atoms with van der Waals surface area (Å²) in [6.45, 7) is 4.18. The van der Waals surface area contributed by atoms with E-state index < -0.39 is 11.9 Å². The monoisotopic (exact) mass is 258 g/mol. The molecule has 18 heavy (non-hydrogen) atoms. The first-order chi connectivity index (χ1) is 8.51. The van der Waals surface area contributed by atoms with Gasteiger partial charge in [0, 0.05) is 25.6 Å². The molecule has 2 atom stereocenters. The Morgan fingerprint density at radius 3 is 2.56 bits per heavy atom. The molecule has 0 radical (unpaired) electrons. The van der Waals surface area contributed by atoms with E-state index in [4.69, 9.17) is 10.2 Å². The van der Waals surface area contributed by atoms with E-state index in [0.717, 1.165) is 19.4 Å². The number of piperidine rings is 1. The molecule has 2 unspecified atom stereocenters. The Bertz CT molecular complexity index is 272. The average Bonchev–Trinajstić information content (AvgIpc) is 2.24. The molecule has 0 aromatic carbocycles. The quantitative estimate of drug-likeness (QED) is 0.606. The molecule has 1 aliphatic heterocycles. The Morgan fingerprint density at radius 1 is 1.28 bits per heavy atom. The molecule has 1 aliphatic rings. The summed E-state index contributed by atoms with van der Waals surface area (Å²) in [6.07, 6.45) is 1.93. The first kappa shape index (κ1) is 14.9. The fourth-order valence-electron chi connectivity index (χ4n) is 2.51. The fraction of sp³-hybridized carbons (Fsp3) is 0.833. The summed E-state index contributed by atoms with van der Waals surface area (Å²) in [6, 6.07) is 0.197. The number of nitrogens with zero attached hydrogens (tertiary/aromatic N) is 1. The van der Waals surface area contributed by atoms with Gasteiger partial charge in [-0.25, -0.2) is 0 Å². The van der Waals surface area contributed by atoms with Gasteiger partial charge in [-0.05, 0) is 25.3 Å². The lowest BCUT2D eigenvalue weighted by Gasteiger charge is -2.37. The predicted octanol–water partition coefficient (Wildman–Crippen LogP) is 0.236. The number of aliphatic carboxylic acids is 2. The molecule has 1 saturated heterocycles. The number of carboxylic acids is 2. The number of hydrogen-bond acceptors (Lipinski definition) is 4. The van der Waals surface area contributed by atoms with Gasteiger partial charge in [0.25, 0.3) is 0 Å². The standard InChI is InChI=1S/C12H22N2O4/c1-2-3-13-10-4-9(5-11(15)16)6-14(7-10)8-12(17)18/h9-10,13H,2-8H2,1H3,(H,15,16)(H,17,18). The highest BCUT2D eigenvalue weighted by Crippen LogP contribution is 2.20. The molecule has 0 spiro atoms. The predicted molar refractivity (Wildman–Crippen MR) is 66.5 cm³/mol. The molecule has 0 bridgehead atoms. The maximum atomic E-state index is 10.8. The van der Waals surface area contributed by atoms with E-state index in [0.29, 0.717) is 13.1 Å². The maximum absolute atomic E-state index is 10.8. The van der Waals surface area contributed by atoms with Crippen molar-refractivity contribution in [3.63, 3.8) is 0 Å². The minimum absolute atomic E-state index is 0.0135. The molecular formula is C12H22N2O4. The highest BCUT2D eigenvalue weighted by molar-refractivity contribution is 5.69. The molecule has 0 amide bonds. The van der Waals surface area contributed by atoms with Crippen LogP contribution >= 0.6 is 0 Å². The Hall–Kier alpha value is -1.14. The molecular weight excluding hydrogens is 236 g/mol. The summed E-state index contributed by atoms with van der Waals surface area (Å²) < 4.78 is 0. The van der Waals surface area contributed by atoms with Crippen LogP contribution in [0.25, 0.3) is 0 Å². The van der Waals surface area contributed by atoms with Gasteiger partial charge in [0.05, 0.1) is 6.54 Å². The van der Waals surface area contributed by atoms with Gasteiger partial charge in [-0.3, -0.25) is 14.5 Å². The summed E-state index contributed by atoms with van der Waals surface area (Å²) in [5.74, 6) is -1.64. The van der Waals surface area contributed by atoms with Crippen molar-refractivity contribution in [1.82, 2.24) is 10.2 Å². The molecule has 6 heteroatoms. The van der Waals surface area contributed by atoms with Crippen molar-refractivity contribution in [3.8, 4) is 0 Å². The number of rotatable bonds is 7. The Morgan fingerprint density at radius 2 is 2.00 bits per heavy atom. The van der Waals surface area contributed by atoms with Crippen molar-refractivity contribution >= 4 is 11.9 Å². The van der Waals surface area contributed by atoms with E-state index in [2.05, 4.69) is 12.2 Å². The molecule has 104 valence electrons. The first-order valence-electron chi connectivity index (χ1n) is 6.40. The molecule has 0 aromatic rings. The Labute approximate surface area is 107 Å². The van der Waals surface area contributed by atoms with Crippen molar-refractivity contribution in [2.75, 3.05) is 26.2 Å². The van der Waals surface area contributed by atoms with Crippen LogP contribution in [0.2, 0.25) is 0 Å². The van der Waals surface area contributed by atoms with E-state index in [1.165, 1.54) is 0 Å². The largest absolute Gasteiger partial charge is 0.481 e. The van der Waals surface area contributed by atoms with Crippen LogP contribution < -0.4 is 5.32 Å². The van der Waals surface area contributed by atoms with E-state index in [-0.39, 0.29) is 24.9 Å². The number of hydrogen-bond donors (Lipinski definition) is 3.